The monoisotopic (exact) mass is 512 g/mol. The molecule has 0 saturated carbocycles. The van der Waals surface area contributed by atoms with Crippen LogP contribution in [-0.2, 0) is 31.6 Å². The maximum Gasteiger partial charge on any atom is 0.490 e. The summed E-state index contributed by atoms with van der Waals surface area (Å²) in [7, 11) is -16.5. The quantitative estimate of drug-likeness (QED) is 0.251. The minimum Gasteiger partial charge on any atom is -0.390 e. The summed E-state index contributed by atoms with van der Waals surface area (Å²) < 4.78 is 53.0. The molecular formula is C15H19N2O12P3. The van der Waals surface area contributed by atoms with Gasteiger partial charge in [-0.25, -0.2) is 18.7 Å². The van der Waals surface area contributed by atoms with Crippen LogP contribution in [0.1, 0.15) is 25.1 Å². The van der Waals surface area contributed by atoms with Gasteiger partial charge < -0.3 is 34.0 Å². The van der Waals surface area contributed by atoms with Gasteiger partial charge in [0.25, 0.3) is 0 Å². The number of aromatic nitrogens is 2. The van der Waals surface area contributed by atoms with Gasteiger partial charge >= 0.3 is 23.5 Å². The Balaban J connectivity index is 1.69. The first-order valence-corrected chi connectivity index (χ1v) is 13.3. The smallest absolute Gasteiger partial charge is 0.390 e. The van der Waals surface area contributed by atoms with Crippen molar-refractivity contribution >= 4 is 34.5 Å². The van der Waals surface area contributed by atoms with Crippen molar-refractivity contribution in [3.63, 3.8) is 0 Å². The molecule has 5 atom stereocenters. The molecule has 0 amide bonds. The number of rotatable bonds is 8. The first-order chi connectivity index (χ1) is 14.8. The fourth-order valence-corrected chi connectivity index (χ4v) is 6.07. The van der Waals surface area contributed by atoms with Gasteiger partial charge in [-0.1, -0.05) is 5.92 Å². The number of aliphatic hydroxyl groups excluding tert-OH is 1. The van der Waals surface area contributed by atoms with Crippen LogP contribution in [0.5, 0.6) is 0 Å². The second-order valence-electron chi connectivity index (χ2n) is 6.52. The molecule has 1 saturated heterocycles. The average Bonchev–Trinajstić information content (AvgIpc) is 3.18. The number of pyridine rings is 1. The number of fused-ring (bicyclic) bond motifs is 1. The van der Waals surface area contributed by atoms with Crippen molar-refractivity contribution in [1.29, 1.82) is 0 Å². The molecule has 1 aliphatic rings. The van der Waals surface area contributed by atoms with Crippen LogP contribution < -0.4 is 0 Å². The van der Waals surface area contributed by atoms with Crippen molar-refractivity contribution in [3.8, 4) is 11.8 Å². The minimum atomic E-state index is -5.63. The molecule has 5 N–H and O–H groups in total. The largest absolute Gasteiger partial charge is 0.490 e. The summed E-state index contributed by atoms with van der Waals surface area (Å²) in [6, 6.07) is 3.56. The SMILES string of the molecule is CC#Cc1cn(C2CC(O)C(COP(=O)(O)OP(=O)(O)OP(=O)(O)O)O2)c2ncccc12. The predicted molar refractivity (Wildman–Crippen MR) is 107 cm³/mol. The van der Waals surface area contributed by atoms with Gasteiger partial charge in [0.1, 0.15) is 18.0 Å². The summed E-state index contributed by atoms with van der Waals surface area (Å²) in [5, 5.41) is 11.0. The van der Waals surface area contributed by atoms with Gasteiger partial charge in [0, 0.05) is 24.2 Å². The molecule has 2 aromatic heterocycles. The third kappa shape index (κ3) is 6.34. The summed E-state index contributed by atoms with van der Waals surface area (Å²) in [6.07, 6.45) is 0.283. The summed E-state index contributed by atoms with van der Waals surface area (Å²) in [6.45, 7) is 0.920. The Kier molecular flexibility index (Phi) is 7.44. The summed E-state index contributed by atoms with van der Waals surface area (Å²) in [5.41, 5.74) is 1.22. The van der Waals surface area contributed by atoms with Crippen LogP contribution in [0.3, 0.4) is 0 Å². The molecule has 1 aliphatic heterocycles. The van der Waals surface area contributed by atoms with E-state index in [1.165, 1.54) is 0 Å². The maximum absolute atomic E-state index is 11.9. The molecule has 0 bridgehead atoms. The van der Waals surface area contributed by atoms with Crippen LogP contribution in [0.2, 0.25) is 0 Å². The average molecular weight is 512 g/mol. The lowest BCUT2D eigenvalue weighted by molar-refractivity contribution is -0.0421. The van der Waals surface area contributed by atoms with Crippen molar-refractivity contribution in [2.24, 2.45) is 0 Å². The first kappa shape index (κ1) is 25.2. The van der Waals surface area contributed by atoms with E-state index < -0.39 is 48.5 Å². The standard InChI is InChI=1S/C15H19N2O12P3/c1-2-4-10-8-17(15-11(10)5-3-6-16-15)14-7-12(18)13(27-14)9-26-31(22,23)29-32(24,25)28-30(19,20)21/h3,5-6,8,12-14,18H,7,9H2,1H3,(H,22,23)(H,24,25)(H2,19,20,21). The molecule has 0 spiro atoms. The lowest BCUT2D eigenvalue weighted by Gasteiger charge is -2.19. The summed E-state index contributed by atoms with van der Waals surface area (Å²) in [4.78, 5) is 40.1. The van der Waals surface area contributed by atoms with E-state index in [-0.39, 0.29) is 6.42 Å². The Morgan fingerprint density at radius 3 is 2.59 bits per heavy atom. The fraction of sp³-hybridized carbons (Fsp3) is 0.400. The molecule has 2 aromatic rings. The van der Waals surface area contributed by atoms with Gasteiger partial charge in [0.2, 0.25) is 0 Å². The Morgan fingerprint density at radius 2 is 1.94 bits per heavy atom. The predicted octanol–water partition coefficient (Wildman–Crippen LogP) is 1.40. The molecule has 32 heavy (non-hydrogen) atoms. The fourth-order valence-electron chi connectivity index (χ4n) is 3.04. The van der Waals surface area contributed by atoms with Crippen LogP contribution in [0.4, 0.5) is 0 Å². The number of hydrogen-bond acceptors (Lipinski definition) is 9. The third-order valence-corrected chi connectivity index (χ3v) is 7.98. The van der Waals surface area contributed by atoms with Crippen molar-refractivity contribution in [1.82, 2.24) is 9.55 Å². The molecule has 3 rings (SSSR count). The molecule has 3 heterocycles. The zero-order valence-electron chi connectivity index (χ0n) is 16.3. The highest BCUT2D eigenvalue weighted by Crippen LogP contribution is 2.66. The molecule has 0 radical (unpaired) electrons. The molecule has 5 unspecified atom stereocenters. The van der Waals surface area contributed by atoms with Gasteiger partial charge in [-0.2, -0.15) is 8.62 Å². The van der Waals surface area contributed by atoms with Crippen LogP contribution in [-0.4, -0.2) is 53.0 Å². The Hall–Kier alpha value is -1.42. The van der Waals surface area contributed by atoms with Gasteiger partial charge in [0.15, 0.2) is 0 Å². The lowest BCUT2D eigenvalue weighted by atomic mass is 10.2. The van der Waals surface area contributed by atoms with E-state index in [9.17, 15) is 28.6 Å². The van der Waals surface area contributed by atoms with Crippen molar-refractivity contribution in [2.45, 2.75) is 31.8 Å². The van der Waals surface area contributed by atoms with E-state index >= 15 is 0 Å². The zero-order chi connectivity index (χ0) is 23.7. The summed E-state index contributed by atoms with van der Waals surface area (Å²) in [5.74, 6) is 5.73. The van der Waals surface area contributed by atoms with E-state index in [2.05, 4.69) is 30.0 Å². The van der Waals surface area contributed by atoms with Gasteiger partial charge in [-0.15, -0.1) is 5.92 Å². The van der Waals surface area contributed by atoms with Crippen molar-refractivity contribution in [3.05, 3.63) is 30.1 Å². The van der Waals surface area contributed by atoms with E-state index in [0.29, 0.717) is 11.2 Å². The zero-order valence-corrected chi connectivity index (χ0v) is 19.0. The second-order valence-corrected chi connectivity index (χ2v) is 10.9. The maximum atomic E-state index is 11.9. The Bertz CT molecular complexity index is 1200. The molecule has 176 valence electrons. The molecule has 0 aromatic carbocycles. The Labute approximate surface area is 181 Å². The van der Waals surface area contributed by atoms with Crippen LogP contribution in [0.25, 0.3) is 11.0 Å². The highest BCUT2D eigenvalue weighted by atomic mass is 31.3. The van der Waals surface area contributed by atoms with E-state index in [1.807, 2.05) is 6.07 Å². The number of ether oxygens (including phenoxy) is 1. The molecule has 0 aliphatic carbocycles. The van der Waals surface area contributed by atoms with Gasteiger partial charge in [-0.05, 0) is 19.1 Å². The topological polar surface area (TPSA) is 207 Å². The normalized spacial score (nSPS) is 25.1. The second kappa shape index (κ2) is 9.44. The van der Waals surface area contributed by atoms with Crippen molar-refractivity contribution in [2.75, 3.05) is 6.61 Å². The van der Waals surface area contributed by atoms with Crippen LogP contribution >= 0.6 is 23.5 Å². The highest BCUT2D eigenvalue weighted by Gasteiger charge is 2.43. The minimum absolute atomic E-state index is 0.0593. The number of hydrogen-bond donors (Lipinski definition) is 5. The lowest BCUT2D eigenvalue weighted by Crippen LogP contribution is -2.26. The number of aliphatic hydroxyl groups is 1. The highest BCUT2D eigenvalue weighted by molar-refractivity contribution is 7.66. The van der Waals surface area contributed by atoms with Crippen LogP contribution in [0, 0.1) is 11.8 Å². The number of phosphoric acid groups is 3. The van der Waals surface area contributed by atoms with E-state index in [1.54, 1.807) is 30.0 Å². The van der Waals surface area contributed by atoms with Gasteiger partial charge in [0.05, 0.1) is 18.3 Å². The van der Waals surface area contributed by atoms with Crippen molar-refractivity contribution < 1.29 is 56.3 Å². The summed E-state index contributed by atoms with van der Waals surface area (Å²) >= 11 is 0. The molecule has 17 heteroatoms. The van der Waals surface area contributed by atoms with Gasteiger partial charge in [-0.3, -0.25) is 4.52 Å². The van der Waals surface area contributed by atoms with E-state index in [0.717, 1.165) is 5.39 Å². The first-order valence-electron chi connectivity index (χ1n) is 8.80. The molecular weight excluding hydrogens is 493 g/mol. The molecule has 1 fully saturated rings. The number of phosphoric ester groups is 1. The van der Waals surface area contributed by atoms with E-state index in [4.69, 9.17) is 14.5 Å². The molecule has 14 nitrogen and oxygen atoms in total. The number of nitrogens with zero attached hydrogens (tertiary/aromatic N) is 2. The van der Waals surface area contributed by atoms with Crippen LogP contribution in [0.15, 0.2) is 24.5 Å². The third-order valence-electron chi connectivity index (χ3n) is 4.18. The Morgan fingerprint density at radius 1 is 1.22 bits per heavy atom.